The molecule has 0 atom stereocenters. The van der Waals surface area contributed by atoms with Gasteiger partial charge in [0.2, 0.25) is 5.91 Å². The van der Waals surface area contributed by atoms with Crippen LogP contribution in [0.2, 0.25) is 5.02 Å². The number of carbonyl (C=O) groups is 1. The van der Waals surface area contributed by atoms with Crippen LogP contribution < -0.4 is 15.0 Å². The summed E-state index contributed by atoms with van der Waals surface area (Å²) in [6.45, 7) is 4.24. The van der Waals surface area contributed by atoms with E-state index in [1.54, 1.807) is 0 Å². The Morgan fingerprint density at radius 3 is 2.72 bits per heavy atom. The van der Waals surface area contributed by atoms with E-state index in [0.717, 1.165) is 42.3 Å². The molecule has 7 heteroatoms. The van der Waals surface area contributed by atoms with Crippen molar-refractivity contribution in [3.05, 3.63) is 53.1 Å². The number of halogens is 1. The molecule has 1 aliphatic heterocycles. The topological polar surface area (TPSA) is 54.0 Å². The van der Waals surface area contributed by atoms with Crippen molar-refractivity contribution >= 4 is 28.9 Å². The highest BCUT2D eigenvalue weighted by atomic mass is 35.5. The average molecular weight is 418 g/mol. The van der Waals surface area contributed by atoms with Crippen molar-refractivity contribution in [3.8, 4) is 5.75 Å². The summed E-state index contributed by atoms with van der Waals surface area (Å²) in [5.41, 5.74) is 2.48. The van der Waals surface area contributed by atoms with Crippen molar-refractivity contribution in [2.24, 2.45) is 0 Å². The van der Waals surface area contributed by atoms with Gasteiger partial charge < -0.3 is 24.6 Å². The van der Waals surface area contributed by atoms with E-state index in [0.29, 0.717) is 24.8 Å². The third-order valence-electron chi connectivity index (χ3n) is 4.66. The van der Waals surface area contributed by atoms with E-state index < -0.39 is 0 Å². The first-order chi connectivity index (χ1) is 14.0. The predicted octanol–water partition coefficient (Wildman–Crippen LogP) is 3.30. The number of likely N-dealkylation sites (N-methyl/N-ethyl adjacent to an activating group) is 1. The van der Waals surface area contributed by atoms with Crippen molar-refractivity contribution in [2.75, 3.05) is 63.8 Å². The first kappa shape index (κ1) is 21.4. The van der Waals surface area contributed by atoms with Gasteiger partial charge in [-0.15, -0.1) is 0 Å². The maximum Gasteiger partial charge on any atom is 0.228 e. The molecule has 0 aliphatic carbocycles. The SMILES string of the molecule is CN(C)CCOc1cccc(CC(=O)Nc2cccc(Cl)c2N2CCOCC2)c1. The summed E-state index contributed by atoms with van der Waals surface area (Å²) in [6, 6.07) is 13.2. The van der Waals surface area contributed by atoms with E-state index in [1.165, 1.54) is 0 Å². The summed E-state index contributed by atoms with van der Waals surface area (Å²) >= 11 is 6.44. The van der Waals surface area contributed by atoms with Crippen LogP contribution in [0.15, 0.2) is 42.5 Å². The van der Waals surface area contributed by atoms with E-state index in [2.05, 4.69) is 15.1 Å². The lowest BCUT2D eigenvalue weighted by Gasteiger charge is -2.31. The van der Waals surface area contributed by atoms with Crippen LogP contribution in [0.5, 0.6) is 5.75 Å². The highest BCUT2D eigenvalue weighted by molar-refractivity contribution is 6.34. The van der Waals surface area contributed by atoms with E-state index >= 15 is 0 Å². The fraction of sp³-hybridized carbons (Fsp3) is 0.409. The molecule has 2 aromatic carbocycles. The number of nitrogens with zero attached hydrogens (tertiary/aromatic N) is 2. The van der Waals surface area contributed by atoms with Gasteiger partial charge in [0.1, 0.15) is 12.4 Å². The Morgan fingerprint density at radius 1 is 1.21 bits per heavy atom. The Labute approximate surface area is 177 Å². The number of nitrogens with one attached hydrogen (secondary N) is 1. The lowest BCUT2D eigenvalue weighted by molar-refractivity contribution is -0.115. The Kier molecular flexibility index (Phi) is 7.75. The highest BCUT2D eigenvalue weighted by Gasteiger charge is 2.19. The molecule has 1 fully saturated rings. The molecular weight excluding hydrogens is 390 g/mol. The molecule has 1 amide bonds. The molecule has 1 N–H and O–H groups in total. The number of para-hydroxylation sites is 1. The second kappa shape index (κ2) is 10.5. The van der Waals surface area contributed by atoms with Crippen LogP contribution in [0.1, 0.15) is 5.56 Å². The summed E-state index contributed by atoms with van der Waals surface area (Å²) in [6.07, 6.45) is 0.264. The van der Waals surface area contributed by atoms with Crippen LogP contribution in [-0.2, 0) is 16.0 Å². The Bertz CT molecular complexity index is 823. The van der Waals surface area contributed by atoms with Crippen LogP contribution in [0.25, 0.3) is 0 Å². The zero-order valence-corrected chi connectivity index (χ0v) is 17.7. The van der Waals surface area contributed by atoms with E-state index in [4.69, 9.17) is 21.1 Å². The van der Waals surface area contributed by atoms with Crippen molar-refractivity contribution in [2.45, 2.75) is 6.42 Å². The summed E-state index contributed by atoms with van der Waals surface area (Å²) < 4.78 is 11.2. The predicted molar refractivity (Wildman–Crippen MR) is 117 cm³/mol. The molecule has 0 spiro atoms. The van der Waals surface area contributed by atoms with Gasteiger partial charge in [0, 0.05) is 19.6 Å². The van der Waals surface area contributed by atoms with Crippen LogP contribution in [0.4, 0.5) is 11.4 Å². The number of rotatable bonds is 8. The molecule has 0 radical (unpaired) electrons. The number of benzene rings is 2. The van der Waals surface area contributed by atoms with Gasteiger partial charge >= 0.3 is 0 Å². The van der Waals surface area contributed by atoms with Crippen molar-refractivity contribution in [1.29, 1.82) is 0 Å². The third kappa shape index (κ3) is 6.35. The molecule has 0 bridgehead atoms. The lowest BCUT2D eigenvalue weighted by atomic mass is 10.1. The summed E-state index contributed by atoms with van der Waals surface area (Å²) in [5, 5.41) is 3.65. The molecule has 1 heterocycles. The van der Waals surface area contributed by atoms with Crippen molar-refractivity contribution in [1.82, 2.24) is 4.90 Å². The summed E-state index contributed by atoms with van der Waals surface area (Å²) in [7, 11) is 4.01. The Morgan fingerprint density at radius 2 is 1.97 bits per heavy atom. The second-order valence-electron chi connectivity index (χ2n) is 7.26. The number of morpholine rings is 1. The minimum Gasteiger partial charge on any atom is -0.492 e. The molecule has 1 saturated heterocycles. The Balaban J connectivity index is 1.65. The Hall–Kier alpha value is -2.28. The first-order valence-corrected chi connectivity index (χ1v) is 10.2. The van der Waals surface area contributed by atoms with Crippen LogP contribution >= 0.6 is 11.6 Å². The zero-order chi connectivity index (χ0) is 20.6. The number of hydrogen-bond donors (Lipinski definition) is 1. The van der Waals surface area contributed by atoms with Crippen molar-refractivity contribution < 1.29 is 14.3 Å². The zero-order valence-electron chi connectivity index (χ0n) is 17.0. The number of ether oxygens (including phenoxy) is 2. The third-order valence-corrected chi connectivity index (χ3v) is 4.96. The minimum absolute atomic E-state index is 0.0905. The molecule has 0 unspecified atom stereocenters. The molecule has 2 aromatic rings. The van der Waals surface area contributed by atoms with Crippen LogP contribution in [-0.4, -0.2) is 64.4 Å². The van der Waals surface area contributed by atoms with E-state index in [-0.39, 0.29) is 12.3 Å². The van der Waals surface area contributed by atoms with Crippen LogP contribution in [0.3, 0.4) is 0 Å². The first-order valence-electron chi connectivity index (χ1n) is 9.80. The molecule has 3 rings (SSSR count). The molecule has 0 aromatic heterocycles. The fourth-order valence-corrected chi connectivity index (χ4v) is 3.49. The van der Waals surface area contributed by atoms with E-state index in [1.807, 2.05) is 56.6 Å². The van der Waals surface area contributed by atoms with Crippen LogP contribution in [0, 0.1) is 0 Å². The number of amides is 1. The maximum atomic E-state index is 12.7. The van der Waals surface area contributed by atoms with Gasteiger partial charge in [-0.05, 0) is 43.9 Å². The quantitative estimate of drug-likeness (QED) is 0.714. The number of anilines is 2. The maximum absolute atomic E-state index is 12.7. The molecule has 0 saturated carbocycles. The monoisotopic (exact) mass is 417 g/mol. The van der Waals surface area contributed by atoms with Gasteiger partial charge in [-0.2, -0.15) is 0 Å². The molecular formula is C22H28ClN3O3. The summed E-state index contributed by atoms with van der Waals surface area (Å²) in [5.74, 6) is 0.682. The molecule has 6 nitrogen and oxygen atoms in total. The van der Waals surface area contributed by atoms with Crippen molar-refractivity contribution in [3.63, 3.8) is 0 Å². The number of carbonyl (C=O) groups excluding carboxylic acids is 1. The van der Waals surface area contributed by atoms with Gasteiger partial charge in [0.25, 0.3) is 0 Å². The number of hydrogen-bond acceptors (Lipinski definition) is 5. The standard InChI is InChI=1S/C22H28ClN3O3/c1-25(2)9-14-29-18-6-3-5-17(15-18)16-21(27)24-20-8-4-7-19(23)22(20)26-10-12-28-13-11-26/h3-8,15H,9-14,16H2,1-2H3,(H,24,27). The van der Waals surface area contributed by atoms with Gasteiger partial charge in [0.15, 0.2) is 0 Å². The average Bonchev–Trinajstić information content (AvgIpc) is 2.69. The molecule has 156 valence electrons. The van der Waals surface area contributed by atoms with E-state index in [9.17, 15) is 4.79 Å². The largest absolute Gasteiger partial charge is 0.492 e. The molecule has 29 heavy (non-hydrogen) atoms. The van der Waals surface area contributed by atoms with Gasteiger partial charge in [0.05, 0.1) is 36.0 Å². The second-order valence-corrected chi connectivity index (χ2v) is 7.67. The molecule has 1 aliphatic rings. The van der Waals surface area contributed by atoms with Gasteiger partial charge in [-0.3, -0.25) is 4.79 Å². The lowest BCUT2D eigenvalue weighted by Crippen LogP contribution is -2.37. The fourth-order valence-electron chi connectivity index (χ4n) is 3.20. The highest BCUT2D eigenvalue weighted by Crippen LogP contribution is 2.34. The minimum atomic E-state index is -0.0905. The van der Waals surface area contributed by atoms with Gasteiger partial charge in [-0.25, -0.2) is 0 Å². The van der Waals surface area contributed by atoms with Gasteiger partial charge in [-0.1, -0.05) is 29.8 Å². The smallest absolute Gasteiger partial charge is 0.228 e. The normalized spacial score (nSPS) is 14.1. The summed E-state index contributed by atoms with van der Waals surface area (Å²) in [4.78, 5) is 16.9.